The number of hydrogen-bond donors (Lipinski definition) is 2. The van der Waals surface area contributed by atoms with Gasteiger partial charge in [-0.15, -0.1) is 0 Å². The maximum atomic E-state index is 13.3. The van der Waals surface area contributed by atoms with Gasteiger partial charge in [-0.05, 0) is 43.3 Å². The molecule has 4 nitrogen and oxygen atoms in total. The number of carbonyl (C=O) groups is 1. The standard InChI is InChI=1S/C15H16FN3O/c1-2-19(14-5-3-4-11(16)8-14)15(20)10-6-12(17)9-13(18)7-10/h3-9H,2,17-18H2,1H3. The van der Waals surface area contributed by atoms with Crippen molar-refractivity contribution in [1.29, 1.82) is 0 Å². The third-order valence-electron chi connectivity index (χ3n) is 2.91. The lowest BCUT2D eigenvalue weighted by Crippen LogP contribution is -2.30. The Morgan fingerprint density at radius 3 is 2.35 bits per heavy atom. The summed E-state index contributed by atoms with van der Waals surface area (Å²) in [5.74, 6) is -0.655. The molecule has 2 rings (SSSR count). The van der Waals surface area contributed by atoms with Crippen molar-refractivity contribution in [1.82, 2.24) is 0 Å². The summed E-state index contributed by atoms with van der Waals surface area (Å²) >= 11 is 0. The lowest BCUT2D eigenvalue weighted by Gasteiger charge is -2.21. The summed E-state index contributed by atoms with van der Waals surface area (Å²) in [5.41, 5.74) is 13.1. The van der Waals surface area contributed by atoms with Crippen molar-refractivity contribution in [2.24, 2.45) is 0 Å². The second-order valence-electron chi connectivity index (χ2n) is 4.42. The van der Waals surface area contributed by atoms with Gasteiger partial charge in [0.05, 0.1) is 0 Å². The molecule has 0 aliphatic heterocycles. The maximum absolute atomic E-state index is 13.3. The molecule has 0 saturated heterocycles. The third-order valence-corrected chi connectivity index (χ3v) is 2.91. The van der Waals surface area contributed by atoms with Crippen molar-refractivity contribution >= 4 is 23.0 Å². The molecule has 0 aliphatic carbocycles. The Labute approximate surface area is 116 Å². The highest BCUT2D eigenvalue weighted by molar-refractivity contribution is 6.07. The van der Waals surface area contributed by atoms with Crippen LogP contribution >= 0.6 is 0 Å². The summed E-state index contributed by atoms with van der Waals surface area (Å²) in [6.07, 6.45) is 0. The Kier molecular flexibility index (Phi) is 3.89. The summed E-state index contributed by atoms with van der Waals surface area (Å²) in [7, 11) is 0. The van der Waals surface area contributed by atoms with E-state index in [1.165, 1.54) is 17.0 Å². The minimum absolute atomic E-state index is 0.267. The zero-order valence-corrected chi connectivity index (χ0v) is 11.1. The van der Waals surface area contributed by atoms with Gasteiger partial charge in [0, 0.05) is 29.2 Å². The number of nitrogens with two attached hydrogens (primary N) is 2. The quantitative estimate of drug-likeness (QED) is 0.844. The number of rotatable bonds is 3. The van der Waals surface area contributed by atoms with Crippen LogP contribution in [0, 0.1) is 5.82 Å². The van der Waals surface area contributed by atoms with Crippen molar-refractivity contribution < 1.29 is 9.18 Å². The Balaban J connectivity index is 2.38. The molecule has 0 spiro atoms. The lowest BCUT2D eigenvalue weighted by molar-refractivity contribution is 0.0988. The first-order valence-corrected chi connectivity index (χ1v) is 6.24. The molecule has 4 N–H and O–H groups in total. The minimum atomic E-state index is -0.388. The molecule has 0 atom stereocenters. The van der Waals surface area contributed by atoms with Crippen LogP contribution < -0.4 is 16.4 Å². The largest absolute Gasteiger partial charge is 0.399 e. The first-order valence-electron chi connectivity index (χ1n) is 6.24. The van der Waals surface area contributed by atoms with Crippen molar-refractivity contribution in [3.05, 3.63) is 53.8 Å². The van der Waals surface area contributed by atoms with Crippen LogP contribution in [0.15, 0.2) is 42.5 Å². The number of hydrogen-bond acceptors (Lipinski definition) is 3. The van der Waals surface area contributed by atoms with Gasteiger partial charge in [-0.2, -0.15) is 0 Å². The molecule has 0 unspecified atom stereocenters. The number of nitrogen functional groups attached to an aromatic ring is 2. The number of amides is 1. The third kappa shape index (κ3) is 2.88. The zero-order valence-electron chi connectivity index (χ0n) is 11.1. The predicted octanol–water partition coefficient (Wildman–Crippen LogP) is 2.66. The molecule has 104 valence electrons. The second kappa shape index (κ2) is 5.61. The topological polar surface area (TPSA) is 72.3 Å². The number of nitrogens with zero attached hydrogens (tertiary/aromatic N) is 1. The second-order valence-corrected chi connectivity index (χ2v) is 4.42. The molecule has 2 aromatic carbocycles. The molecule has 1 amide bonds. The van der Waals surface area contributed by atoms with Crippen LogP contribution in [0.25, 0.3) is 0 Å². The van der Waals surface area contributed by atoms with Crippen LogP contribution in [0.2, 0.25) is 0 Å². The first kappa shape index (κ1) is 13.9. The van der Waals surface area contributed by atoms with E-state index in [9.17, 15) is 9.18 Å². The summed E-state index contributed by atoms with van der Waals surface area (Å²) in [6, 6.07) is 10.6. The molecule has 2 aromatic rings. The Morgan fingerprint density at radius 1 is 1.15 bits per heavy atom. The highest BCUT2D eigenvalue weighted by Crippen LogP contribution is 2.21. The molecule has 20 heavy (non-hydrogen) atoms. The van der Waals surface area contributed by atoms with Crippen LogP contribution in [-0.2, 0) is 0 Å². The van der Waals surface area contributed by atoms with Crippen LogP contribution in [0.4, 0.5) is 21.5 Å². The molecule has 0 aromatic heterocycles. The van der Waals surface area contributed by atoms with E-state index in [4.69, 9.17) is 11.5 Å². The monoisotopic (exact) mass is 273 g/mol. The van der Waals surface area contributed by atoms with E-state index in [1.54, 1.807) is 30.3 Å². The van der Waals surface area contributed by atoms with Crippen LogP contribution in [0.1, 0.15) is 17.3 Å². The fourth-order valence-electron chi connectivity index (χ4n) is 2.04. The zero-order chi connectivity index (χ0) is 14.7. The van der Waals surface area contributed by atoms with E-state index < -0.39 is 0 Å². The van der Waals surface area contributed by atoms with Gasteiger partial charge in [0.1, 0.15) is 5.82 Å². The minimum Gasteiger partial charge on any atom is -0.399 e. The highest BCUT2D eigenvalue weighted by atomic mass is 19.1. The number of halogens is 1. The van der Waals surface area contributed by atoms with E-state index in [0.29, 0.717) is 29.2 Å². The predicted molar refractivity (Wildman–Crippen MR) is 79.0 cm³/mol. The lowest BCUT2D eigenvalue weighted by atomic mass is 10.1. The summed E-state index contributed by atoms with van der Waals surface area (Å²) < 4.78 is 13.3. The van der Waals surface area contributed by atoms with Gasteiger partial charge in [-0.3, -0.25) is 4.79 Å². The molecular weight excluding hydrogens is 257 g/mol. The van der Waals surface area contributed by atoms with Gasteiger partial charge in [0.2, 0.25) is 0 Å². The average molecular weight is 273 g/mol. The van der Waals surface area contributed by atoms with Crippen molar-refractivity contribution in [2.45, 2.75) is 6.92 Å². The van der Waals surface area contributed by atoms with Crippen LogP contribution in [0.3, 0.4) is 0 Å². The molecule has 0 bridgehead atoms. The smallest absolute Gasteiger partial charge is 0.258 e. The van der Waals surface area contributed by atoms with E-state index in [2.05, 4.69) is 0 Å². The highest BCUT2D eigenvalue weighted by Gasteiger charge is 2.17. The van der Waals surface area contributed by atoms with Gasteiger partial charge >= 0.3 is 0 Å². The molecule has 0 fully saturated rings. The fraction of sp³-hybridized carbons (Fsp3) is 0.133. The van der Waals surface area contributed by atoms with Crippen molar-refractivity contribution in [2.75, 3.05) is 22.9 Å². The van der Waals surface area contributed by atoms with E-state index >= 15 is 0 Å². The molecule has 5 heteroatoms. The van der Waals surface area contributed by atoms with Crippen molar-refractivity contribution in [3.8, 4) is 0 Å². The molecule has 0 aliphatic rings. The maximum Gasteiger partial charge on any atom is 0.258 e. The summed E-state index contributed by atoms with van der Waals surface area (Å²) in [4.78, 5) is 14.0. The van der Waals surface area contributed by atoms with Gasteiger partial charge in [0.15, 0.2) is 0 Å². The summed E-state index contributed by atoms with van der Waals surface area (Å²) in [6.45, 7) is 2.23. The van der Waals surface area contributed by atoms with Gasteiger partial charge in [-0.25, -0.2) is 4.39 Å². The number of benzene rings is 2. The normalized spacial score (nSPS) is 10.3. The van der Waals surface area contributed by atoms with Crippen molar-refractivity contribution in [3.63, 3.8) is 0 Å². The molecular formula is C15H16FN3O. The first-order chi connectivity index (χ1) is 9.51. The van der Waals surface area contributed by atoms with E-state index in [1.807, 2.05) is 6.92 Å². The molecule has 0 heterocycles. The van der Waals surface area contributed by atoms with Crippen LogP contribution in [0.5, 0.6) is 0 Å². The van der Waals surface area contributed by atoms with Crippen LogP contribution in [-0.4, -0.2) is 12.5 Å². The Bertz CT molecular complexity index is 623. The number of carbonyl (C=O) groups excluding carboxylic acids is 1. The Morgan fingerprint density at radius 2 is 1.80 bits per heavy atom. The van der Waals surface area contributed by atoms with Gasteiger partial charge in [-0.1, -0.05) is 6.07 Å². The Hall–Kier alpha value is -2.56. The average Bonchev–Trinajstić information content (AvgIpc) is 2.38. The van der Waals surface area contributed by atoms with E-state index in [-0.39, 0.29) is 11.7 Å². The SMILES string of the molecule is CCN(C(=O)c1cc(N)cc(N)c1)c1cccc(F)c1. The molecule has 0 radical (unpaired) electrons. The summed E-state index contributed by atoms with van der Waals surface area (Å²) in [5, 5.41) is 0. The van der Waals surface area contributed by atoms with E-state index in [0.717, 1.165) is 0 Å². The van der Waals surface area contributed by atoms with Gasteiger partial charge < -0.3 is 16.4 Å². The van der Waals surface area contributed by atoms with Gasteiger partial charge in [0.25, 0.3) is 5.91 Å². The molecule has 0 saturated carbocycles. The fourth-order valence-corrected chi connectivity index (χ4v) is 2.04. The number of anilines is 3.